The highest BCUT2D eigenvalue weighted by Gasteiger charge is 2.27. The highest BCUT2D eigenvalue weighted by molar-refractivity contribution is 5.93. The van der Waals surface area contributed by atoms with E-state index >= 15 is 0 Å². The maximum absolute atomic E-state index is 12.4. The number of benzene rings is 1. The number of nitrogens with one attached hydrogen (secondary N) is 1. The van der Waals surface area contributed by atoms with Gasteiger partial charge in [-0.15, -0.1) is 0 Å². The molecule has 0 aliphatic heterocycles. The molecule has 0 saturated heterocycles. The third-order valence-corrected chi connectivity index (χ3v) is 4.23. The summed E-state index contributed by atoms with van der Waals surface area (Å²) in [5, 5.41) is 3.05. The lowest BCUT2D eigenvalue weighted by atomic mass is 9.94. The lowest BCUT2D eigenvalue weighted by Gasteiger charge is -2.20. The first kappa shape index (κ1) is 15.0. The first-order chi connectivity index (χ1) is 9.58. The van der Waals surface area contributed by atoms with Gasteiger partial charge < -0.3 is 11.1 Å². The van der Waals surface area contributed by atoms with Crippen LogP contribution in [-0.4, -0.2) is 11.9 Å². The third kappa shape index (κ3) is 3.83. The molecule has 2 unspecified atom stereocenters. The lowest BCUT2D eigenvalue weighted by Crippen LogP contribution is -2.37. The number of carbonyl (C=O) groups excluding carboxylic acids is 1. The van der Waals surface area contributed by atoms with Crippen molar-refractivity contribution in [2.45, 2.75) is 57.9 Å². The van der Waals surface area contributed by atoms with Gasteiger partial charge in [-0.2, -0.15) is 0 Å². The average Bonchev–Trinajstić information content (AvgIpc) is 2.63. The molecule has 1 aromatic carbocycles. The van der Waals surface area contributed by atoms with E-state index in [1.165, 1.54) is 12.0 Å². The van der Waals surface area contributed by atoms with Gasteiger partial charge in [0.05, 0.1) is 5.92 Å². The summed E-state index contributed by atoms with van der Waals surface area (Å²) in [7, 11) is 0. The molecule has 3 N–H and O–H groups in total. The van der Waals surface area contributed by atoms with Crippen molar-refractivity contribution >= 4 is 11.6 Å². The van der Waals surface area contributed by atoms with Crippen molar-refractivity contribution in [2.24, 2.45) is 11.7 Å². The Bertz CT molecular complexity index is 456. The van der Waals surface area contributed by atoms with Gasteiger partial charge in [0.1, 0.15) is 0 Å². The van der Waals surface area contributed by atoms with Crippen LogP contribution in [0.1, 0.15) is 57.4 Å². The zero-order valence-electron chi connectivity index (χ0n) is 12.6. The maximum Gasteiger partial charge on any atom is 0.229 e. The molecule has 1 amide bonds. The fourth-order valence-electron chi connectivity index (χ4n) is 2.87. The molecule has 110 valence electrons. The molecule has 3 nitrogen and oxygen atoms in total. The Morgan fingerprint density at radius 2 is 2.00 bits per heavy atom. The minimum Gasteiger partial charge on any atom is -0.327 e. The number of rotatable bonds is 3. The average molecular weight is 274 g/mol. The van der Waals surface area contributed by atoms with Gasteiger partial charge in [0.2, 0.25) is 5.91 Å². The summed E-state index contributed by atoms with van der Waals surface area (Å²) in [6.07, 6.45) is 5.33. The third-order valence-electron chi connectivity index (χ3n) is 4.23. The molecule has 3 heteroatoms. The van der Waals surface area contributed by atoms with E-state index in [-0.39, 0.29) is 17.9 Å². The van der Waals surface area contributed by atoms with Crippen LogP contribution in [0.3, 0.4) is 0 Å². The summed E-state index contributed by atoms with van der Waals surface area (Å²) in [4.78, 5) is 12.4. The van der Waals surface area contributed by atoms with E-state index in [9.17, 15) is 4.79 Å². The normalized spacial score (nSPS) is 23.4. The van der Waals surface area contributed by atoms with Gasteiger partial charge in [-0.25, -0.2) is 0 Å². The summed E-state index contributed by atoms with van der Waals surface area (Å²) < 4.78 is 0. The van der Waals surface area contributed by atoms with Gasteiger partial charge in [0, 0.05) is 11.7 Å². The monoisotopic (exact) mass is 274 g/mol. The van der Waals surface area contributed by atoms with Gasteiger partial charge in [-0.3, -0.25) is 4.79 Å². The van der Waals surface area contributed by atoms with Crippen molar-refractivity contribution in [2.75, 3.05) is 5.32 Å². The molecule has 0 radical (unpaired) electrons. The van der Waals surface area contributed by atoms with Gasteiger partial charge in [0.25, 0.3) is 0 Å². The second-order valence-corrected chi connectivity index (χ2v) is 6.18. The Morgan fingerprint density at radius 1 is 1.25 bits per heavy atom. The molecule has 2 rings (SSSR count). The van der Waals surface area contributed by atoms with Crippen LogP contribution in [0.25, 0.3) is 0 Å². The van der Waals surface area contributed by atoms with Gasteiger partial charge in [-0.1, -0.05) is 45.2 Å². The van der Waals surface area contributed by atoms with Crippen LogP contribution in [0.2, 0.25) is 0 Å². The smallest absolute Gasteiger partial charge is 0.229 e. The van der Waals surface area contributed by atoms with Crippen molar-refractivity contribution in [1.82, 2.24) is 0 Å². The van der Waals surface area contributed by atoms with Crippen LogP contribution in [0.4, 0.5) is 5.69 Å². The highest BCUT2D eigenvalue weighted by Crippen LogP contribution is 2.24. The Labute approximate surface area is 121 Å². The number of anilines is 1. The SMILES string of the molecule is CC(C)c1cccc(NC(=O)C2CCCCCC2N)c1. The molecule has 1 fully saturated rings. The molecule has 0 heterocycles. The van der Waals surface area contributed by atoms with E-state index in [0.29, 0.717) is 5.92 Å². The number of nitrogens with two attached hydrogens (primary N) is 1. The van der Waals surface area contributed by atoms with E-state index in [2.05, 4.69) is 31.3 Å². The van der Waals surface area contributed by atoms with Crippen LogP contribution in [0.5, 0.6) is 0 Å². The minimum absolute atomic E-state index is 0.00535. The van der Waals surface area contributed by atoms with Gasteiger partial charge >= 0.3 is 0 Å². The van der Waals surface area contributed by atoms with E-state index < -0.39 is 0 Å². The molecular formula is C17H26N2O. The highest BCUT2D eigenvalue weighted by atomic mass is 16.1. The van der Waals surface area contributed by atoms with Crippen LogP contribution in [0.15, 0.2) is 24.3 Å². The number of hydrogen-bond acceptors (Lipinski definition) is 2. The largest absolute Gasteiger partial charge is 0.327 e. The second-order valence-electron chi connectivity index (χ2n) is 6.18. The minimum atomic E-state index is -0.0415. The number of carbonyl (C=O) groups is 1. The molecule has 0 spiro atoms. The van der Waals surface area contributed by atoms with E-state index in [0.717, 1.165) is 31.4 Å². The molecule has 20 heavy (non-hydrogen) atoms. The van der Waals surface area contributed by atoms with Crippen molar-refractivity contribution in [1.29, 1.82) is 0 Å². The quantitative estimate of drug-likeness (QED) is 0.826. The van der Waals surface area contributed by atoms with Crippen LogP contribution >= 0.6 is 0 Å². The summed E-state index contributed by atoms with van der Waals surface area (Å²) in [6.45, 7) is 4.31. The summed E-state index contributed by atoms with van der Waals surface area (Å²) in [5.41, 5.74) is 8.28. The number of hydrogen-bond donors (Lipinski definition) is 2. The predicted molar refractivity (Wildman–Crippen MR) is 83.7 cm³/mol. The molecular weight excluding hydrogens is 248 g/mol. The zero-order valence-corrected chi connectivity index (χ0v) is 12.6. The summed E-state index contributed by atoms with van der Waals surface area (Å²) in [5.74, 6) is 0.507. The Hall–Kier alpha value is -1.35. The van der Waals surface area contributed by atoms with Crippen molar-refractivity contribution in [3.05, 3.63) is 29.8 Å². The first-order valence-corrected chi connectivity index (χ1v) is 7.74. The summed E-state index contributed by atoms with van der Waals surface area (Å²) in [6, 6.07) is 8.11. The second kappa shape index (κ2) is 6.89. The molecule has 1 saturated carbocycles. The molecule has 2 atom stereocenters. The fraction of sp³-hybridized carbons (Fsp3) is 0.588. The van der Waals surface area contributed by atoms with E-state index in [4.69, 9.17) is 5.73 Å². The predicted octanol–water partition coefficient (Wildman–Crippen LogP) is 3.66. The molecule has 1 aromatic rings. The van der Waals surface area contributed by atoms with Crippen LogP contribution < -0.4 is 11.1 Å². The lowest BCUT2D eigenvalue weighted by molar-refractivity contribution is -0.120. The van der Waals surface area contributed by atoms with Crippen LogP contribution in [0, 0.1) is 5.92 Å². The number of amides is 1. The fourth-order valence-corrected chi connectivity index (χ4v) is 2.87. The molecule has 1 aliphatic rings. The van der Waals surface area contributed by atoms with E-state index in [1.807, 2.05) is 12.1 Å². The Kier molecular flexibility index (Phi) is 5.18. The van der Waals surface area contributed by atoms with Crippen molar-refractivity contribution < 1.29 is 4.79 Å². The van der Waals surface area contributed by atoms with Crippen LogP contribution in [-0.2, 0) is 4.79 Å². The molecule has 1 aliphatic carbocycles. The standard InChI is InChI=1S/C17H26N2O/c1-12(2)13-7-6-8-14(11-13)19-17(20)15-9-4-3-5-10-16(15)18/h6-8,11-12,15-16H,3-5,9-10,18H2,1-2H3,(H,19,20). The molecule has 0 bridgehead atoms. The Balaban J connectivity index is 2.04. The molecule has 0 aromatic heterocycles. The Morgan fingerprint density at radius 3 is 2.75 bits per heavy atom. The first-order valence-electron chi connectivity index (χ1n) is 7.74. The maximum atomic E-state index is 12.4. The van der Waals surface area contributed by atoms with E-state index in [1.54, 1.807) is 0 Å². The van der Waals surface area contributed by atoms with Crippen molar-refractivity contribution in [3.63, 3.8) is 0 Å². The van der Waals surface area contributed by atoms with Crippen molar-refractivity contribution in [3.8, 4) is 0 Å². The zero-order chi connectivity index (χ0) is 14.5. The van der Waals surface area contributed by atoms with Gasteiger partial charge in [0.15, 0.2) is 0 Å². The topological polar surface area (TPSA) is 55.1 Å². The van der Waals surface area contributed by atoms with Gasteiger partial charge in [-0.05, 0) is 36.5 Å². The summed E-state index contributed by atoms with van der Waals surface area (Å²) >= 11 is 0.